The fourth-order valence-electron chi connectivity index (χ4n) is 8.92. The van der Waals surface area contributed by atoms with Crippen molar-refractivity contribution in [3.63, 3.8) is 0 Å². The van der Waals surface area contributed by atoms with Crippen molar-refractivity contribution >= 4 is 28.7 Å². The SMILES string of the molecule is COc1ccc(C(OC(C(=O)c2ccccc2)(C(=O)c2ccccc2)[C@H]2O[C@@H](n3cnc4c(=O)[nH]c(N)nc43)[C@H](OCCCCn3ccnc3)[C@@H]2O)(c2ccccc2)c2ccc(OC)cc2)cc1. The van der Waals surface area contributed by atoms with Crippen molar-refractivity contribution in [1.29, 1.82) is 0 Å². The van der Waals surface area contributed by atoms with Gasteiger partial charge in [-0.1, -0.05) is 115 Å². The smallest absolute Gasteiger partial charge is 0.280 e. The molecule has 1 aliphatic heterocycles. The number of aliphatic hydroxyl groups is 1. The molecule has 1 fully saturated rings. The van der Waals surface area contributed by atoms with E-state index in [2.05, 4.69) is 19.9 Å². The lowest BCUT2D eigenvalue weighted by atomic mass is 9.74. The summed E-state index contributed by atoms with van der Waals surface area (Å²) in [6.07, 6.45) is 1.56. The Morgan fingerprint density at radius 3 is 1.87 bits per heavy atom. The standard InChI is InChI=1S/C52H49N7O9/c1-64-39-24-20-37(21-25-39)51(36-18-10-5-11-19-36,38-22-26-40(65-2)27-23-38)68-52(44(61)34-14-6-3-7-15-34,45(62)35-16-8-4-9-17-35)46-42(60)43(66-31-13-12-29-58-30-28-54-32-58)49(67-46)59-33-55-41-47(59)56-50(53)57-48(41)63/h3-11,14-28,30,32-33,42-43,46,49,60H,12-13,29,31H2,1-2H3,(H3,53,56,57,63)/t42-,43+,46-,49+/m0/s1. The van der Waals surface area contributed by atoms with Crippen molar-refractivity contribution < 1.29 is 38.4 Å². The van der Waals surface area contributed by atoms with E-state index in [4.69, 9.17) is 29.4 Å². The monoisotopic (exact) mass is 915 g/mol. The van der Waals surface area contributed by atoms with Gasteiger partial charge >= 0.3 is 0 Å². The molecule has 0 bridgehead atoms. The first-order chi connectivity index (χ1) is 33.2. The fourth-order valence-corrected chi connectivity index (χ4v) is 8.92. The number of aryl methyl sites for hydroxylation is 1. The minimum Gasteiger partial charge on any atom is -0.497 e. The second kappa shape index (κ2) is 19.6. The van der Waals surface area contributed by atoms with E-state index in [0.29, 0.717) is 47.6 Å². The number of carbonyl (C=O) groups is 2. The van der Waals surface area contributed by atoms with Crippen LogP contribution in [0.1, 0.15) is 56.5 Å². The second-order valence-electron chi connectivity index (χ2n) is 16.3. The minimum absolute atomic E-state index is 0.0168. The second-order valence-corrected chi connectivity index (χ2v) is 16.3. The van der Waals surface area contributed by atoms with Crippen LogP contribution in [-0.4, -0.2) is 90.5 Å². The molecule has 0 spiro atoms. The van der Waals surface area contributed by atoms with Gasteiger partial charge in [0.15, 0.2) is 17.4 Å². The van der Waals surface area contributed by atoms with Gasteiger partial charge in [-0.3, -0.25) is 23.9 Å². The number of hydrogen-bond donors (Lipinski definition) is 3. The van der Waals surface area contributed by atoms with Gasteiger partial charge in [0.05, 0.1) is 26.9 Å². The van der Waals surface area contributed by atoms with Gasteiger partial charge in [0.25, 0.3) is 5.56 Å². The molecule has 4 atom stereocenters. The number of benzene rings is 5. The zero-order chi connectivity index (χ0) is 47.3. The molecule has 3 aromatic heterocycles. The maximum atomic E-state index is 16.3. The highest BCUT2D eigenvalue weighted by Crippen LogP contribution is 2.50. The molecule has 0 amide bonds. The lowest BCUT2D eigenvalue weighted by Crippen LogP contribution is -2.64. The number of H-pyrrole nitrogens is 1. The predicted octanol–water partition coefficient (Wildman–Crippen LogP) is 6.55. The number of aromatic amines is 1. The van der Waals surface area contributed by atoms with Crippen LogP contribution < -0.4 is 20.8 Å². The molecule has 8 aromatic rings. The van der Waals surface area contributed by atoms with E-state index < -0.39 is 52.9 Å². The Morgan fingerprint density at radius 1 is 0.765 bits per heavy atom. The van der Waals surface area contributed by atoms with E-state index >= 15 is 9.59 Å². The minimum atomic E-state index is -2.75. The summed E-state index contributed by atoms with van der Waals surface area (Å²) in [5.41, 5.74) is 2.54. The molecule has 0 saturated carbocycles. The van der Waals surface area contributed by atoms with Crippen molar-refractivity contribution in [3.8, 4) is 11.5 Å². The molecule has 0 radical (unpaired) electrons. The van der Waals surface area contributed by atoms with E-state index in [1.807, 2.05) is 41.1 Å². The van der Waals surface area contributed by atoms with Crippen LogP contribution in [0, 0.1) is 0 Å². The number of nitrogens with two attached hydrogens (primary N) is 1. The largest absolute Gasteiger partial charge is 0.497 e. The lowest BCUT2D eigenvalue weighted by molar-refractivity contribution is -0.161. The number of aliphatic hydroxyl groups excluding tert-OH is 1. The fraction of sp³-hybridized carbons (Fsp3) is 0.231. The van der Waals surface area contributed by atoms with Crippen molar-refractivity contribution in [2.75, 3.05) is 26.6 Å². The van der Waals surface area contributed by atoms with Gasteiger partial charge in [-0.2, -0.15) is 4.98 Å². The van der Waals surface area contributed by atoms with Crippen LogP contribution >= 0.6 is 0 Å². The number of carbonyl (C=O) groups excluding carboxylic acids is 2. The number of Topliss-reactive ketones (excluding diaryl/α,β-unsaturated/α-hetero) is 2. The summed E-state index contributed by atoms with van der Waals surface area (Å²) in [6, 6.07) is 40.0. The molecule has 16 nitrogen and oxygen atoms in total. The average molecular weight is 916 g/mol. The first kappa shape index (κ1) is 45.4. The number of nitrogen functional groups attached to an aromatic ring is 1. The van der Waals surface area contributed by atoms with Crippen LogP contribution in [0.15, 0.2) is 169 Å². The van der Waals surface area contributed by atoms with E-state index in [-0.39, 0.29) is 34.8 Å². The number of rotatable bonds is 19. The van der Waals surface area contributed by atoms with Crippen LogP contribution in [0.4, 0.5) is 5.95 Å². The van der Waals surface area contributed by atoms with E-state index in [0.717, 1.165) is 0 Å². The third-order valence-corrected chi connectivity index (χ3v) is 12.3. The average Bonchev–Trinajstić information content (AvgIpc) is 4.15. The molecule has 5 aromatic carbocycles. The van der Waals surface area contributed by atoms with Gasteiger partial charge in [-0.15, -0.1) is 0 Å². The summed E-state index contributed by atoms with van der Waals surface area (Å²) in [4.78, 5) is 61.1. The van der Waals surface area contributed by atoms with Gasteiger partial charge in [0.2, 0.25) is 23.1 Å². The van der Waals surface area contributed by atoms with E-state index in [9.17, 15) is 9.90 Å². The highest BCUT2D eigenvalue weighted by molar-refractivity contribution is 6.23. The third kappa shape index (κ3) is 8.45. The Morgan fingerprint density at radius 2 is 1.32 bits per heavy atom. The number of anilines is 1. The molecule has 16 heteroatoms. The molecule has 9 rings (SSSR count). The summed E-state index contributed by atoms with van der Waals surface area (Å²) < 4.78 is 36.0. The number of methoxy groups -OCH3 is 2. The van der Waals surface area contributed by atoms with Crippen LogP contribution in [0.2, 0.25) is 0 Å². The van der Waals surface area contributed by atoms with E-state index in [1.54, 1.807) is 136 Å². The van der Waals surface area contributed by atoms with Crippen molar-refractivity contribution in [3.05, 3.63) is 203 Å². The summed E-state index contributed by atoms with van der Waals surface area (Å²) >= 11 is 0. The van der Waals surface area contributed by atoms with E-state index in [1.165, 1.54) is 10.9 Å². The number of unbranched alkanes of at least 4 members (excludes halogenated alkanes) is 1. The zero-order valence-electron chi connectivity index (χ0n) is 37.3. The van der Waals surface area contributed by atoms with Gasteiger partial charge in [-0.25, -0.2) is 9.97 Å². The number of ether oxygens (including phenoxy) is 5. The van der Waals surface area contributed by atoms with Crippen LogP contribution in [0.3, 0.4) is 0 Å². The molecule has 0 unspecified atom stereocenters. The highest BCUT2D eigenvalue weighted by atomic mass is 16.6. The van der Waals surface area contributed by atoms with Crippen LogP contribution in [0.25, 0.3) is 11.2 Å². The highest BCUT2D eigenvalue weighted by Gasteiger charge is 2.66. The first-order valence-corrected chi connectivity index (χ1v) is 22.1. The maximum Gasteiger partial charge on any atom is 0.280 e. The number of hydrogen-bond acceptors (Lipinski definition) is 13. The zero-order valence-corrected chi connectivity index (χ0v) is 37.3. The number of nitrogens with zero attached hydrogens (tertiary/aromatic N) is 5. The van der Waals surface area contributed by atoms with Gasteiger partial charge in [-0.05, 0) is 53.8 Å². The molecule has 4 N–H and O–H groups in total. The number of aromatic nitrogens is 6. The van der Waals surface area contributed by atoms with Crippen molar-refractivity contribution in [1.82, 2.24) is 29.1 Å². The van der Waals surface area contributed by atoms with Crippen LogP contribution in [-0.2, 0) is 26.4 Å². The molecule has 1 saturated heterocycles. The Bertz CT molecular complexity index is 2920. The Hall–Kier alpha value is -7.76. The maximum absolute atomic E-state index is 16.3. The molecule has 346 valence electrons. The van der Waals surface area contributed by atoms with Gasteiger partial charge in [0, 0.05) is 36.7 Å². The van der Waals surface area contributed by atoms with Crippen molar-refractivity contribution in [2.45, 2.75) is 55.1 Å². The van der Waals surface area contributed by atoms with Gasteiger partial charge in [0.1, 0.15) is 35.4 Å². The summed E-state index contributed by atoms with van der Waals surface area (Å²) in [7, 11) is 3.11. The number of nitrogens with one attached hydrogen (secondary N) is 1. The Kier molecular flexibility index (Phi) is 13.1. The predicted molar refractivity (Wildman–Crippen MR) is 251 cm³/mol. The molecule has 4 heterocycles. The first-order valence-electron chi connectivity index (χ1n) is 22.1. The van der Waals surface area contributed by atoms with Gasteiger partial charge < -0.3 is 39.1 Å². The quantitative estimate of drug-likeness (QED) is 0.0341. The molecule has 0 aliphatic carbocycles. The lowest BCUT2D eigenvalue weighted by Gasteiger charge is -2.46. The summed E-state index contributed by atoms with van der Waals surface area (Å²) in [6.45, 7) is 0.772. The topological polar surface area (TPSA) is 208 Å². The summed E-state index contributed by atoms with van der Waals surface area (Å²) in [5.74, 6) is -0.736. The number of imidazole rings is 2. The van der Waals surface area contributed by atoms with Crippen molar-refractivity contribution in [2.24, 2.45) is 0 Å². The summed E-state index contributed by atoms with van der Waals surface area (Å²) in [5, 5.41) is 13.2. The number of ketones is 2. The Labute approximate surface area is 390 Å². The third-order valence-electron chi connectivity index (χ3n) is 12.3. The van der Waals surface area contributed by atoms with Crippen LogP contribution in [0.5, 0.6) is 11.5 Å². The Balaban J connectivity index is 1.30. The normalized spacial score (nSPS) is 17.3. The number of fused-ring (bicyclic) bond motifs is 1. The molecule has 68 heavy (non-hydrogen) atoms. The molecular formula is C52H49N7O9. The molecular weight excluding hydrogens is 867 g/mol. The molecule has 1 aliphatic rings.